The fourth-order valence-electron chi connectivity index (χ4n) is 2.20. The summed E-state index contributed by atoms with van der Waals surface area (Å²) in [7, 11) is 1.47. The van der Waals surface area contributed by atoms with Gasteiger partial charge in [0.15, 0.2) is 5.69 Å². The number of hydrogen-bond acceptors (Lipinski definition) is 4. The van der Waals surface area contributed by atoms with Gasteiger partial charge in [-0.1, -0.05) is 0 Å². The Morgan fingerprint density at radius 1 is 1.32 bits per heavy atom. The summed E-state index contributed by atoms with van der Waals surface area (Å²) in [6, 6.07) is 0.124. The fraction of sp³-hybridized carbons (Fsp3) is 0.636. The highest BCUT2D eigenvalue weighted by atomic mass is 35.7. The Kier molecular flexibility index (Phi) is 3.05. The molecule has 0 saturated heterocycles. The first-order valence-corrected chi connectivity index (χ1v) is 8.61. The molecule has 2 aliphatic rings. The summed E-state index contributed by atoms with van der Waals surface area (Å²) in [5.74, 6) is -0.339. The van der Waals surface area contributed by atoms with Crippen molar-refractivity contribution in [2.45, 2.75) is 49.0 Å². The Morgan fingerprint density at radius 2 is 2.00 bits per heavy atom. The van der Waals surface area contributed by atoms with E-state index < -0.39 is 15.0 Å². The smallest absolute Gasteiger partial charge is 0.273 e. The highest BCUT2D eigenvalue weighted by Crippen LogP contribution is 2.43. The number of aromatic nitrogens is 2. The van der Waals surface area contributed by atoms with E-state index in [1.54, 1.807) is 0 Å². The number of nitrogens with zero attached hydrogens (tertiary/aromatic N) is 1. The number of hydrogen-bond donors (Lipinski definition) is 2. The first-order valence-electron chi connectivity index (χ1n) is 6.30. The van der Waals surface area contributed by atoms with Crippen molar-refractivity contribution in [3.8, 4) is 0 Å². The molecule has 0 bridgehead atoms. The van der Waals surface area contributed by atoms with Crippen molar-refractivity contribution in [2.24, 2.45) is 0 Å². The van der Waals surface area contributed by atoms with Crippen LogP contribution in [-0.4, -0.2) is 30.6 Å². The predicted octanol–water partition coefficient (Wildman–Crippen LogP) is 1.50. The summed E-state index contributed by atoms with van der Waals surface area (Å²) in [5.41, 5.74) is 0.359. The van der Waals surface area contributed by atoms with E-state index in [4.69, 9.17) is 10.7 Å². The van der Waals surface area contributed by atoms with Crippen LogP contribution in [0.5, 0.6) is 0 Å². The third-order valence-corrected chi connectivity index (χ3v) is 5.00. The van der Waals surface area contributed by atoms with Gasteiger partial charge in [-0.15, -0.1) is 0 Å². The zero-order chi connectivity index (χ0) is 13.6. The van der Waals surface area contributed by atoms with Crippen molar-refractivity contribution in [3.63, 3.8) is 0 Å². The van der Waals surface area contributed by atoms with Gasteiger partial charge in [0.2, 0.25) is 0 Å². The second kappa shape index (κ2) is 4.49. The third-order valence-electron chi connectivity index (χ3n) is 3.63. The number of halogens is 1. The molecule has 1 aromatic heterocycles. The highest BCUT2D eigenvalue weighted by Gasteiger charge is 2.37. The van der Waals surface area contributed by atoms with E-state index in [2.05, 4.69) is 15.5 Å². The lowest BCUT2D eigenvalue weighted by Gasteiger charge is -2.25. The molecule has 104 valence electrons. The standard InChI is InChI=1S/C11H14ClN3O3S/c12-19(17,18)10-8(6-4-5-6)14-15-9(10)11(16)13-7-2-1-3-7/h6-7H,1-5H2,(H,13,16)(H,14,15). The lowest BCUT2D eigenvalue weighted by atomic mass is 9.93. The lowest BCUT2D eigenvalue weighted by Crippen LogP contribution is -2.40. The van der Waals surface area contributed by atoms with E-state index in [9.17, 15) is 13.2 Å². The number of aromatic amines is 1. The monoisotopic (exact) mass is 303 g/mol. The van der Waals surface area contributed by atoms with Gasteiger partial charge in [0, 0.05) is 22.6 Å². The average molecular weight is 304 g/mol. The normalized spacial score (nSPS) is 20.1. The van der Waals surface area contributed by atoms with Gasteiger partial charge in [-0.2, -0.15) is 5.10 Å². The molecule has 0 spiro atoms. The average Bonchev–Trinajstić information content (AvgIpc) is 3.00. The van der Waals surface area contributed by atoms with Crippen LogP contribution in [0.3, 0.4) is 0 Å². The molecule has 2 fully saturated rings. The van der Waals surface area contributed by atoms with Gasteiger partial charge in [-0.05, 0) is 32.1 Å². The minimum Gasteiger partial charge on any atom is -0.348 e. The maximum absolute atomic E-state index is 12.1. The first kappa shape index (κ1) is 12.9. The van der Waals surface area contributed by atoms with Crippen LogP contribution in [0.4, 0.5) is 0 Å². The van der Waals surface area contributed by atoms with Crippen molar-refractivity contribution >= 4 is 25.6 Å². The summed E-state index contributed by atoms with van der Waals surface area (Å²) in [5, 5.41) is 9.29. The second-order valence-corrected chi connectivity index (χ2v) is 7.63. The summed E-state index contributed by atoms with van der Waals surface area (Å²) >= 11 is 0. The molecule has 8 heteroatoms. The molecule has 6 nitrogen and oxygen atoms in total. The zero-order valence-corrected chi connectivity index (χ0v) is 11.7. The number of amides is 1. The largest absolute Gasteiger partial charge is 0.348 e. The van der Waals surface area contributed by atoms with Crippen LogP contribution < -0.4 is 5.32 Å². The zero-order valence-electron chi connectivity index (χ0n) is 10.1. The minimum atomic E-state index is -3.98. The van der Waals surface area contributed by atoms with Crippen LogP contribution in [0.25, 0.3) is 0 Å². The Morgan fingerprint density at radius 3 is 2.47 bits per heavy atom. The molecule has 0 aromatic carbocycles. The van der Waals surface area contributed by atoms with Crippen molar-refractivity contribution < 1.29 is 13.2 Å². The summed E-state index contributed by atoms with van der Waals surface area (Å²) < 4.78 is 23.3. The quantitative estimate of drug-likeness (QED) is 0.824. The second-order valence-electron chi connectivity index (χ2n) is 5.13. The summed E-state index contributed by atoms with van der Waals surface area (Å²) in [6.07, 6.45) is 4.72. The van der Waals surface area contributed by atoms with Gasteiger partial charge in [0.25, 0.3) is 15.0 Å². The van der Waals surface area contributed by atoms with Crippen LogP contribution in [-0.2, 0) is 9.05 Å². The number of carbonyl (C=O) groups is 1. The molecule has 2 N–H and O–H groups in total. The van der Waals surface area contributed by atoms with E-state index in [1.807, 2.05) is 0 Å². The number of rotatable bonds is 4. The number of nitrogens with one attached hydrogen (secondary N) is 2. The van der Waals surface area contributed by atoms with Gasteiger partial charge in [0.1, 0.15) is 4.90 Å². The molecule has 1 heterocycles. The van der Waals surface area contributed by atoms with E-state index >= 15 is 0 Å². The molecule has 3 rings (SSSR count). The Balaban J connectivity index is 1.93. The summed E-state index contributed by atoms with van der Waals surface area (Å²) in [4.78, 5) is 11.9. The van der Waals surface area contributed by atoms with Crippen molar-refractivity contribution in [1.82, 2.24) is 15.5 Å². The topological polar surface area (TPSA) is 91.9 Å². The molecule has 19 heavy (non-hydrogen) atoms. The number of H-pyrrole nitrogens is 1. The first-order chi connectivity index (χ1) is 8.97. The molecule has 0 unspecified atom stereocenters. The predicted molar refractivity (Wildman–Crippen MR) is 68.7 cm³/mol. The Bertz CT molecular complexity index is 617. The molecule has 2 saturated carbocycles. The molecular formula is C11H14ClN3O3S. The van der Waals surface area contributed by atoms with E-state index in [-0.39, 0.29) is 22.5 Å². The third kappa shape index (κ3) is 2.49. The Labute approximate surface area is 115 Å². The van der Waals surface area contributed by atoms with Crippen LogP contribution >= 0.6 is 10.7 Å². The van der Waals surface area contributed by atoms with E-state index in [0.29, 0.717) is 5.69 Å². The molecule has 1 aromatic rings. The fourth-order valence-corrected chi connectivity index (χ4v) is 3.51. The van der Waals surface area contributed by atoms with Gasteiger partial charge in [0.05, 0.1) is 5.69 Å². The van der Waals surface area contributed by atoms with E-state index in [1.165, 1.54) is 0 Å². The molecule has 0 atom stereocenters. The maximum Gasteiger partial charge on any atom is 0.273 e. The molecule has 2 aliphatic carbocycles. The van der Waals surface area contributed by atoms with Crippen molar-refractivity contribution in [2.75, 3.05) is 0 Å². The van der Waals surface area contributed by atoms with Gasteiger partial charge >= 0.3 is 0 Å². The lowest BCUT2D eigenvalue weighted by molar-refractivity contribution is 0.0908. The van der Waals surface area contributed by atoms with Crippen LogP contribution in [0.15, 0.2) is 4.90 Å². The minimum absolute atomic E-state index is 0.108. The SMILES string of the molecule is O=C(NC1CCC1)c1n[nH]c(C2CC2)c1S(=O)(=O)Cl. The molecule has 0 radical (unpaired) electrons. The van der Waals surface area contributed by atoms with Crippen LogP contribution in [0.2, 0.25) is 0 Å². The van der Waals surface area contributed by atoms with Crippen LogP contribution in [0, 0.1) is 0 Å². The number of carbonyl (C=O) groups excluding carboxylic acids is 1. The van der Waals surface area contributed by atoms with Gasteiger partial charge < -0.3 is 5.32 Å². The summed E-state index contributed by atoms with van der Waals surface area (Å²) in [6.45, 7) is 0. The molecule has 0 aliphatic heterocycles. The highest BCUT2D eigenvalue weighted by molar-refractivity contribution is 8.13. The molecule has 1 amide bonds. The molecular weight excluding hydrogens is 290 g/mol. The van der Waals surface area contributed by atoms with Crippen LogP contribution in [0.1, 0.15) is 54.2 Å². The van der Waals surface area contributed by atoms with Gasteiger partial charge in [-0.3, -0.25) is 9.89 Å². The maximum atomic E-state index is 12.1. The van der Waals surface area contributed by atoms with Crippen molar-refractivity contribution in [3.05, 3.63) is 11.4 Å². The van der Waals surface area contributed by atoms with Crippen molar-refractivity contribution in [1.29, 1.82) is 0 Å². The Hall–Kier alpha value is -1.08. The van der Waals surface area contributed by atoms with E-state index in [0.717, 1.165) is 32.1 Å². The van der Waals surface area contributed by atoms with Gasteiger partial charge in [-0.25, -0.2) is 8.42 Å².